The van der Waals surface area contributed by atoms with E-state index in [4.69, 9.17) is 17.0 Å². The lowest BCUT2D eigenvalue weighted by Crippen LogP contribution is -2.15. The summed E-state index contributed by atoms with van der Waals surface area (Å²) in [5.41, 5.74) is 4.56. The van der Waals surface area contributed by atoms with Gasteiger partial charge in [-0.1, -0.05) is 12.1 Å². The van der Waals surface area contributed by atoms with E-state index in [2.05, 4.69) is 23.5 Å². The van der Waals surface area contributed by atoms with Gasteiger partial charge in [0.1, 0.15) is 11.5 Å². The summed E-state index contributed by atoms with van der Waals surface area (Å²) in [5.74, 6) is 1.89. The first-order chi connectivity index (χ1) is 12.9. The van der Waals surface area contributed by atoms with Crippen LogP contribution < -0.4 is 14.8 Å². The second-order valence-electron chi connectivity index (χ2n) is 6.25. The van der Waals surface area contributed by atoms with Crippen LogP contribution >= 0.6 is 0 Å². The summed E-state index contributed by atoms with van der Waals surface area (Å²) in [7, 11) is 3.24. The van der Waals surface area contributed by atoms with Gasteiger partial charge in [0.25, 0.3) is 0 Å². The van der Waals surface area contributed by atoms with Crippen LogP contribution in [0.25, 0.3) is 0 Å². The number of methoxy groups -OCH3 is 2. The Kier molecular flexibility index (Phi) is 4.98. The molecule has 1 aliphatic rings. The molecule has 0 heterocycles. The van der Waals surface area contributed by atoms with Crippen molar-refractivity contribution in [2.24, 2.45) is 0 Å². The second-order valence-corrected chi connectivity index (χ2v) is 6.25. The van der Waals surface area contributed by atoms with Gasteiger partial charge in [-0.2, -0.15) is 0 Å². The zero-order chi connectivity index (χ0) is 19.4. The molecule has 0 aromatic heterocycles. The van der Waals surface area contributed by atoms with Gasteiger partial charge in [0.15, 0.2) is 6.79 Å². The Bertz CT molecular complexity index is 789. The highest BCUT2D eigenvalue weighted by atomic mass is 16.7. The monoisotopic (exact) mass is 343 g/mol. The molecular formula is C21H27NO3. The van der Waals surface area contributed by atoms with Gasteiger partial charge < -0.3 is 19.5 Å². The molecule has 1 N–H and O–H groups in total. The molecule has 0 fully saturated rings. The van der Waals surface area contributed by atoms with Crippen LogP contribution in [0, 0.1) is 0 Å². The fourth-order valence-electron chi connectivity index (χ4n) is 3.47. The molecule has 25 heavy (non-hydrogen) atoms. The average Bonchev–Trinajstić information content (AvgIpc) is 2.64. The predicted octanol–water partition coefficient (Wildman–Crippen LogP) is 4.38. The summed E-state index contributed by atoms with van der Waals surface area (Å²) in [6.45, 7) is 0.274. The predicted molar refractivity (Wildman–Crippen MR) is 101 cm³/mol. The number of hydrogen-bond donors (Lipinski definition) is 1. The number of fused-ring (bicyclic) bond motifs is 1. The molecule has 3 rings (SSSR count). The van der Waals surface area contributed by atoms with Crippen LogP contribution in [0.3, 0.4) is 0 Å². The van der Waals surface area contributed by atoms with Gasteiger partial charge in [-0.15, -0.1) is 0 Å². The zero-order valence-corrected chi connectivity index (χ0v) is 15.1. The highest BCUT2D eigenvalue weighted by Crippen LogP contribution is 2.38. The molecule has 0 radical (unpaired) electrons. The van der Waals surface area contributed by atoms with Crippen LogP contribution in [-0.4, -0.2) is 27.5 Å². The van der Waals surface area contributed by atoms with E-state index >= 15 is 0 Å². The fourth-order valence-corrected chi connectivity index (χ4v) is 3.47. The SMILES string of the molecule is [2H]C([2H])(C)Nc1cc(OC)ccc1C1CCc2cc(OCOC)ccc2C1. The Hall–Kier alpha value is -2.20. The minimum Gasteiger partial charge on any atom is -0.497 e. The molecule has 0 spiro atoms. The van der Waals surface area contributed by atoms with Crippen molar-refractivity contribution in [3.05, 3.63) is 53.1 Å². The number of hydrogen-bond acceptors (Lipinski definition) is 4. The van der Waals surface area contributed by atoms with Gasteiger partial charge in [0.2, 0.25) is 0 Å². The number of nitrogens with one attached hydrogen (secondary N) is 1. The third-order valence-electron chi connectivity index (χ3n) is 4.71. The van der Waals surface area contributed by atoms with Crippen LogP contribution in [0.2, 0.25) is 0 Å². The Morgan fingerprint density at radius 2 is 1.96 bits per heavy atom. The smallest absolute Gasteiger partial charge is 0.188 e. The first-order valence-corrected chi connectivity index (χ1v) is 8.59. The topological polar surface area (TPSA) is 39.7 Å². The lowest BCUT2D eigenvalue weighted by Gasteiger charge is -2.27. The third-order valence-corrected chi connectivity index (χ3v) is 4.71. The van der Waals surface area contributed by atoms with Crippen LogP contribution in [0.15, 0.2) is 36.4 Å². The summed E-state index contributed by atoms with van der Waals surface area (Å²) in [6, 6.07) is 12.1. The van der Waals surface area contributed by atoms with Crippen LogP contribution in [0.5, 0.6) is 11.5 Å². The third kappa shape index (κ3) is 4.07. The number of anilines is 1. The van der Waals surface area contributed by atoms with Crippen LogP contribution in [0.1, 0.15) is 38.7 Å². The summed E-state index contributed by atoms with van der Waals surface area (Å²) in [4.78, 5) is 0. The molecule has 2 aromatic rings. The molecule has 1 unspecified atom stereocenters. The van der Waals surface area contributed by atoms with Gasteiger partial charge in [0.05, 0.1) is 7.11 Å². The maximum absolute atomic E-state index is 7.89. The molecule has 0 saturated heterocycles. The highest BCUT2D eigenvalue weighted by molar-refractivity contribution is 5.57. The quantitative estimate of drug-likeness (QED) is 0.757. The lowest BCUT2D eigenvalue weighted by atomic mass is 9.79. The van der Waals surface area contributed by atoms with E-state index in [1.165, 1.54) is 18.1 Å². The molecule has 0 aliphatic heterocycles. The number of benzene rings is 2. The first kappa shape index (κ1) is 15.1. The van der Waals surface area contributed by atoms with E-state index < -0.39 is 6.50 Å². The van der Waals surface area contributed by atoms with Gasteiger partial charge in [0, 0.05) is 28.1 Å². The van der Waals surface area contributed by atoms with E-state index in [0.29, 0.717) is 5.92 Å². The first-order valence-electron chi connectivity index (χ1n) is 9.59. The molecule has 4 nitrogen and oxygen atoms in total. The maximum atomic E-state index is 7.89. The highest BCUT2D eigenvalue weighted by Gasteiger charge is 2.23. The van der Waals surface area contributed by atoms with Crippen molar-refractivity contribution in [1.82, 2.24) is 0 Å². The number of ether oxygens (including phenoxy) is 3. The number of aryl methyl sites for hydroxylation is 1. The molecule has 2 aromatic carbocycles. The standard InChI is InChI=1S/C21H27NO3/c1-4-22-21-13-18(24-3)9-10-20(21)17-6-5-16-12-19(25-14-23-2)8-7-15(16)11-17/h7-10,12-13,17,22H,4-6,11,14H2,1-3H3/i4D2. The normalized spacial score (nSPS) is 18.0. The summed E-state index contributed by atoms with van der Waals surface area (Å²) >= 11 is 0. The zero-order valence-electron chi connectivity index (χ0n) is 17.1. The molecule has 0 saturated carbocycles. The second kappa shape index (κ2) is 8.26. The van der Waals surface area contributed by atoms with Crippen molar-refractivity contribution in [3.63, 3.8) is 0 Å². The van der Waals surface area contributed by atoms with Crippen molar-refractivity contribution in [1.29, 1.82) is 0 Å². The van der Waals surface area contributed by atoms with Crippen molar-refractivity contribution < 1.29 is 17.0 Å². The van der Waals surface area contributed by atoms with E-state index in [-0.39, 0.29) is 6.79 Å². The molecule has 1 aliphatic carbocycles. The molecule has 1 atom stereocenters. The van der Waals surface area contributed by atoms with E-state index in [1.807, 2.05) is 18.2 Å². The summed E-state index contributed by atoms with van der Waals surface area (Å²) in [5, 5.41) is 3.00. The minimum atomic E-state index is -1.50. The largest absolute Gasteiger partial charge is 0.497 e. The van der Waals surface area contributed by atoms with Gasteiger partial charge in [-0.3, -0.25) is 0 Å². The Labute approximate surface area is 152 Å². The van der Waals surface area contributed by atoms with Crippen LogP contribution in [0.4, 0.5) is 5.69 Å². The van der Waals surface area contributed by atoms with Crippen molar-refractivity contribution >= 4 is 5.69 Å². The average molecular weight is 343 g/mol. The van der Waals surface area contributed by atoms with E-state index in [1.54, 1.807) is 14.2 Å². The molecule has 134 valence electrons. The van der Waals surface area contributed by atoms with Gasteiger partial charge in [-0.05, 0) is 67.0 Å². The molecule has 4 heteroatoms. The van der Waals surface area contributed by atoms with Gasteiger partial charge in [-0.25, -0.2) is 0 Å². The van der Waals surface area contributed by atoms with Crippen molar-refractivity contribution in [3.8, 4) is 11.5 Å². The summed E-state index contributed by atoms with van der Waals surface area (Å²) in [6.07, 6.45) is 2.90. The van der Waals surface area contributed by atoms with E-state index in [9.17, 15) is 0 Å². The Morgan fingerprint density at radius 1 is 1.12 bits per heavy atom. The lowest BCUT2D eigenvalue weighted by molar-refractivity contribution is 0.0510. The van der Waals surface area contributed by atoms with Gasteiger partial charge >= 0.3 is 0 Å². The molecule has 0 amide bonds. The summed E-state index contributed by atoms with van der Waals surface area (Å²) < 4.78 is 31.6. The Balaban J connectivity index is 1.84. The molecular weight excluding hydrogens is 314 g/mol. The van der Waals surface area contributed by atoms with E-state index in [0.717, 1.165) is 42.0 Å². The fraction of sp³-hybridized carbons (Fsp3) is 0.429. The van der Waals surface area contributed by atoms with Crippen molar-refractivity contribution in [2.75, 3.05) is 32.8 Å². The minimum absolute atomic E-state index is 0.251. The maximum Gasteiger partial charge on any atom is 0.188 e. The van der Waals surface area contributed by atoms with Crippen LogP contribution in [-0.2, 0) is 17.6 Å². The molecule has 0 bridgehead atoms. The van der Waals surface area contributed by atoms with Crippen molar-refractivity contribution in [2.45, 2.75) is 32.1 Å². The number of rotatable bonds is 7. The Morgan fingerprint density at radius 3 is 2.72 bits per heavy atom.